The Kier molecular flexibility index (Phi) is 4.53. The molecule has 150 valence electrons. The summed E-state index contributed by atoms with van der Waals surface area (Å²) in [7, 11) is -2.05. The second-order valence-corrected chi connectivity index (χ2v) is 9.67. The van der Waals surface area contributed by atoms with Crippen molar-refractivity contribution in [3.63, 3.8) is 0 Å². The molecule has 1 saturated heterocycles. The van der Waals surface area contributed by atoms with Gasteiger partial charge in [0.05, 0.1) is 11.3 Å². The summed E-state index contributed by atoms with van der Waals surface area (Å²) >= 11 is 0. The lowest BCUT2D eigenvalue weighted by atomic mass is 10.1. The number of sulfonamides is 1. The highest BCUT2D eigenvalue weighted by Gasteiger charge is 2.41. The van der Waals surface area contributed by atoms with Crippen molar-refractivity contribution in [2.24, 2.45) is 7.05 Å². The minimum Gasteiger partial charge on any atom is -0.350 e. The third-order valence-electron chi connectivity index (χ3n) is 6.19. The van der Waals surface area contributed by atoms with E-state index < -0.39 is 10.0 Å². The fourth-order valence-electron chi connectivity index (χ4n) is 4.56. The molecule has 2 aliphatic heterocycles. The number of para-hydroxylation sites is 1. The summed E-state index contributed by atoms with van der Waals surface area (Å²) in [6.45, 7) is 6.91. The third kappa shape index (κ3) is 2.67. The molecule has 1 aromatic carbocycles. The van der Waals surface area contributed by atoms with Crippen molar-refractivity contribution in [1.82, 2.24) is 9.47 Å². The van der Waals surface area contributed by atoms with Crippen LogP contribution in [0.5, 0.6) is 0 Å². The molecule has 4 rings (SSSR count). The molecule has 1 fully saturated rings. The molecular formula is C21H27N3O3S. The number of fused-ring (bicyclic) bond motifs is 1. The van der Waals surface area contributed by atoms with Gasteiger partial charge >= 0.3 is 0 Å². The lowest BCUT2D eigenvalue weighted by Gasteiger charge is -2.25. The lowest BCUT2D eigenvalue weighted by Crippen LogP contribution is -2.37. The average molecular weight is 402 g/mol. The second-order valence-electron chi connectivity index (χ2n) is 7.92. The maximum Gasteiger partial charge on any atom is 0.267 e. The fourth-order valence-corrected chi connectivity index (χ4v) is 6.75. The summed E-state index contributed by atoms with van der Waals surface area (Å²) in [6.07, 6.45) is 2.61. The quantitative estimate of drug-likeness (QED) is 0.794. The third-order valence-corrected chi connectivity index (χ3v) is 8.28. The Morgan fingerprint density at radius 3 is 2.39 bits per heavy atom. The summed E-state index contributed by atoms with van der Waals surface area (Å²) < 4.78 is 31.1. The first kappa shape index (κ1) is 19.1. The van der Waals surface area contributed by atoms with Gasteiger partial charge in [-0.15, -0.1) is 0 Å². The van der Waals surface area contributed by atoms with Crippen LogP contribution in [0.1, 0.15) is 47.1 Å². The first-order valence-corrected chi connectivity index (χ1v) is 11.3. The number of aromatic nitrogens is 1. The van der Waals surface area contributed by atoms with E-state index in [0.717, 1.165) is 24.1 Å². The predicted octanol–water partition coefficient (Wildman–Crippen LogP) is 3.02. The topological polar surface area (TPSA) is 62.6 Å². The molecule has 1 amide bonds. The first-order chi connectivity index (χ1) is 13.2. The van der Waals surface area contributed by atoms with Crippen LogP contribution in [0, 0.1) is 13.8 Å². The van der Waals surface area contributed by atoms with Crippen molar-refractivity contribution in [3.8, 4) is 0 Å². The van der Waals surface area contributed by atoms with Crippen LogP contribution >= 0.6 is 0 Å². The number of likely N-dealkylation sites (tertiary alicyclic amines) is 1. The molecule has 7 heteroatoms. The number of nitrogens with zero attached hydrogens (tertiary/aromatic N) is 3. The van der Waals surface area contributed by atoms with Gasteiger partial charge in [-0.1, -0.05) is 18.2 Å². The zero-order chi connectivity index (χ0) is 20.2. The molecule has 3 heterocycles. The van der Waals surface area contributed by atoms with Crippen molar-refractivity contribution in [1.29, 1.82) is 0 Å². The Balaban J connectivity index is 1.89. The van der Waals surface area contributed by atoms with Gasteiger partial charge in [0.2, 0.25) is 0 Å². The fraction of sp³-hybridized carbons (Fsp3) is 0.476. The minimum absolute atomic E-state index is 0.160. The number of amides is 1. The summed E-state index contributed by atoms with van der Waals surface area (Å²) in [5.74, 6) is -0.169. The van der Waals surface area contributed by atoms with E-state index >= 15 is 0 Å². The summed E-state index contributed by atoms with van der Waals surface area (Å²) in [5.41, 5.74) is 3.38. The summed E-state index contributed by atoms with van der Waals surface area (Å²) in [5, 5.41) is 0. The monoisotopic (exact) mass is 401 g/mol. The predicted molar refractivity (Wildman–Crippen MR) is 109 cm³/mol. The Labute approximate surface area is 166 Å². The van der Waals surface area contributed by atoms with Crippen LogP contribution in [0.25, 0.3) is 0 Å². The van der Waals surface area contributed by atoms with Crippen molar-refractivity contribution in [3.05, 3.63) is 46.8 Å². The average Bonchev–Trinajstić information content (AvgIpc) is 3.34. The van der Waals surface area contributed by atoms with E-state index in [4.69, 9.17) is 0 Å². The van der Waals surface area contributed by atoms with Crippen LogP contribution in [0.4, 0.5) is 5.69 Å². The van der Waals surface area contributed by atoms with Crippen LogP contribution in [-0.2, 0) is 23.5 Å². The van der Waals surface area contributed by atoms with Crippen LogP contribution in [-0.4, -0.2) is 42.9 Å². The van der Waals surface area contributed by atoms with Gasteiger partial charge in [-0.3, -0.25) is 9.10 Å². The zero-order valence-corrected chi connectivity index (χ0v) is 17.7. The molecular weight excluding hydrogens is 374 g/mol. The number of rotatable bonds is 3. The molecule has 1 aromatic heterocycles. The Bertz CT molecular complexity index is 1050. The molecule has 0 spiro atoms. The van der Waals surface area contributed by atoms with Crippen molar-refractivity contribution in [2.45, 2.75) is 51.0 Å². The number of carbonyl (C=O) groups is 1. The number of hydrogen-bond acceptors (Lipinski definition) is 3. The van der Waals surface area contributed by atoms with Gasteiger partial charge < -0.3 is 9.47 Å². The van der Waals surface area contributed by atoms with E-state index in [0.29, 0.717) is 36.5 Å². The number of carbonyl (C=O) groups excluding carboxylic acids is 1. The maximum atomic E-state index is 13.9. The lowest BCUT2D eigenvalue weighted by molar-refractivity contribution is 0.0788. The van der Waals surface area contributed by atoms with Gasteiger partial charge in [-0.25, -0.2) is 8.42 Å². The van der Waals surface area contributed by atoms with E-state index in [2.05, 4.69) is 0 Å². The van der Waals surface area contributed by atoms with Crippen molar-refractivity contribution >= 4 is 21.6 Å². The van der Waals surface area contributed by atoms with Gasteiger partial charge in [0.15, 0.2) is 0 Å². The van der Waals surface area contributed by atoms with E-state index in [-0.39, 0.29) is 16.8 Å². The smallest absolute Gasteiger partial charge is 0.267 e. The highest BCUT2D eigenvalue weighted by Crippen LogP contribution is 2.39. The van der Waals surface area contributed by atoms with E-state index in [9.17, 15) is 13.2 Å². The molecule has 1 atom stereocenters. The zero-order valence-electron chi connectivity index (χ0n) is 16.9. The number of anilines is 1. The number of benzene rings is 1. The highest BCUT2D eigenvalue weighted by molar-refractivity contribution is 7.93. The molecule has 0 bridgehead atoms. The Morgan fingerprint density at radius 1 is 1.07 bits per heavy atom. The van der Waals surface area contributed by atoms with Crippen molar-refractivity contribution < 1.29 is 13.2 Å². The van der Waals surface area contributed by atoms with Gasteiger partial charge in [-0.2, -0.15) is 0 Å². The van der Waals surface area contributed by atoms with E-state index in [1.54, 1.807) is 11.8 Å². The van der Waals surface area contributed by atoms with Crippen LogP contribution in [0.2, 0.25) is 0 Å². The van der Waals surface area contributed by atoms with Gasteiger partial charge in [0.25, 0.3) is 15.9 Å². The maximum absolute atomic E-state index is 13.9. The normalized spacial score (nSPS) is 19.4. The van der Waals surface area contributed by atoms with Gasteiger partial charge in [0, 0.05) is 37.6 Å². The SMILES string of the molecule is Cc1c(C(=O)N2CCCC2)c(S(=O)(=O)N2c3ccccc3C[C@@H]2C)c(C)n1C. The van der Waals surface area contributed by atoms with Crippen LogP contribution < -0.4 is 4.31 Å². The standard InChI is InChI=1S/C21H27N3O3S/c1-14-13-17-9-5-6-10-18(17)24(14)28(26,27)20-16(3)22(4)15(2)19(20)21(25)23-11-7-8-12-23/h5-6,9-10,14H,7-8,11-13H2,1-4H3/t14-/m0/s1. The van der Waals surface area contributed by atoms with E-state index in [1.807, 2.05) is 49.7 Å². The molecule has 0 aliphatic carbocycles. The Hall–Kier alpha value is -2.28. The van der Waals surface area contributed by atoms with E-state index in [1.165, 1.54) is 4.31 Å². The minimum atomic E-state index is -3.87. The van der Waals surface area contributed by atoms with Crippen molar-refractivity contribution in [2.75, 3.05) is 17.4 Å². The molecule has 28 heavy (non-hydrogen) atoms. The first-order valence-electron chi connectivity index (χ1n) is 9.82. The largest absolute Gasteiger partial charge is 0.350 e. The van der Waals surface area contributed by atoms with Crippen LogP contribution in [0.15, 0.2) is 29.2 Å². The van der Waals surface area contributed by atoms with Gasteiger partial charge in [0.1, 0.15) is 4.90 Å². The second kappa shape index (κ2) is 6.65. The molecule has 6 nitrogen and oxygen atoms in total. The molecule has 0 N–H and O–H groups in total. The summed E-state index contributed by atoms with van der Waals surface area (Å²) in [6, 6.07) is 7.43. The van der Waals surface area contributed by atoms with Crippen LogP contribution in [0.3, 0.4) is 0 Å². The molecule has 0 saturated carbocycles. The molecule has 0 unspecified atom stereocenters. The Morgan fingerprint density at radius 2 is 1.71 bits per heavy atom. The number of hydrogen-bond donors (Lipinski definition) is 0. The summed E-state index contributed by atoms with van der Waals surface area (Å²) in [4.78, 5) is 15.2. The molecule has 0 radical (unpaired) electrons. The molecule has 2 aliphatic rings. The highest BCUT2D eigenvalue weighted by atomic mass is 32.2. The van der Waals surface area contributed by atoms with Gasteiger partial charge in [-0.05, 0) is 51.7 Å². The molecule has 2 aromatic rings.